The Bertz CT molecular complexity index is 730. The minimum absolute atomic E-state index is 0.0252. The molecule has 0 aliphatic carbocycles. The van der Waals surface area contributed by atoms with Gasteiger partial charge in [-0.15, -0.1) is 0 Å². The second-order valence-corrected chi connectivity index (χ2v) is 6.47. The quantitative estimate of drug-likeness (QED) is 0.662. The van der Waals surface area contributed by atoms with Gasteiger partial charge in [-0.25, -0.2) is 4.39 Å². The average Bonchev–Trinajstić information content (AvgIpc) is 2.65. The van der Waals surface area contributed by atoms with Crippen molar-refractivity contribution in [2.24, 2.45) is 0 Å². The number of hydrogen-bond donors (Lipinski definition) is 3. The van der Waals surface area contributed by atoms with E-state index in [1.807, 2.05) is 30.3 Å². The number of benzene rings is 2. The number of halogens is 1. The van der Waals surface area contributed by atoms with E-state index in [9.17, 15) is 19.1 Å². The maximum Gasteiger partial charge on any atom is 0.309 e. The summed E-state index contributed by atoms with van der Waals surface area (Å²) in [7, 11) is 0. The molecule has 2 aromatic rings. The van der Waals surface area contributed by atoms with Crippen LogP contribution in [0.5, 0.6) is 0 Å². The van der Waals surface area contributed by atoms with Crippen molar-refractivity contribution in [1.29, 1.82) is 0 Å². The molecule has 0 spiro atoms. The van der Waals surface area contributed by atoms with Crippen molar-refractivity contribution in [2.45, 2.75) is 31.9 Å². The van der Waals surface area contributed by atoms with Crippen LogP contribution in [0.3, 0.4) is 0 Å². The van der Waals surface area contributed by atoms with E-state index in [-0.39, 0.29) is 18.9 Å². The van der Waals surface area contributed by atoms with Gasteiger partial charge in [0.2, 0.25) is 0 Å². The molecule has 2 aromatic carbocycles. The molecule has 0 fully saturated rings. The van der Waals surface area contributed by atoms with Crippen LogP contribution < -0.4 is 10.6 Å². The van der Waals surface area contributed by atoms with E-state index in [1.165, 1.54) is 24.3 Å². The second-order valence-electron chi connectivity index (χ2n) is 6.47. The van der Waals surface area contributed by atoms with Crippen molar-refractivity contribution in [3.05, 3.63) is 71.5 Å². The predicted molar refractivity (Wildman–Crippen MR) is 96.6 cm³/mol. The molecule has 138 valence electrons. The van der Waals surface area contributed by atoms with Gasteiger partial charge in [-0.05, 0) is 43.0 Å². The van der Waals surface area contributed by atoms with Gasteiger partial charge in [0.05, 0.1) is 5.60 Å². The van der Waals surface area contributed by atoms with E-state index in [0.717, 1.165) is 5.56 Å². The van der Waals surface area contributed by atoms with E-state index in [1.54, 1.807) is 6.92 Å². The molecule has 0 radical (unpaired) electrons. The monoisotopic (exact) mass is 358 g/mol. The first-order valence-corrected chi connectivity index (χ1v) is 8.42. The number of carbonyl (C=O) groups excluding carboxylic acids is 2. The standard InChI is InChI=1S/C20H23FN2O3/c1-20(26,12-11-15-5-3-2-4-6-15)14-23-19(25)18(24)22-13-16-7-9-17(21)10-8-16/h2-10,26H,11-14H2,1H3,(H,22,24)(H,23,25). The molecule has 1 unspecified atom stereocenters. The van der Waals surface area contributed by atoms with E-state index in [4.69, 9.17) is 0 Å². The molecule has 2 rings (SSSR count). The molecule has 26 heavy (non-hydrogen) atoms. The summed E-state index contributed by atoms with van der Waals surface area (Å²) in [5.41, 5.74) is 0.654. The fraction of sp³-hybridized carbons (Fsp3) is 0.300. The maximum atomic E-state index is 12.8. The number of hydrogen-bond acceptors (Lipinski definition) is 3. The third-order valence-corrected chi connectivity index (χ3v) is 4.00. The molecule has 1 atom stereocenters. The van der Waals surface area contributed by atoms with Crippen LogP contribution in [0.2, 0.25) is 0 Å². The molecular formula is C20H23FN2O3. The lowest BCUT2D eigenvalue weighted by molar-refractivity contribution is -0.139. The van der Waals surface area contributed by atoms with Crippen molar-refractivity contribution >= 4 is 11.8 Å². The Labute approximate surface area is 152 Å². The Morgan fingerprint density at radius 2 is 1.58 bits per heavy atom. The van der Waals surface area contributed by atoms with Gasteiger partial charge in [-0.3, -0.25) is 9.59 Å². The van der Waals surface area contributed by atoms with Crippen LogP contribution in [-0.4, -0.2) is 29.1 Å². The molecule has 6 heteroatoms. The summed E-state index contributed by atoms with van der Waals surface area (Å²) in [5.74, 6) is -1.98. The van der Waals surface area contributed by atoms with Gasteiger partial charge in [0.1, 0.15) is 5.82 Å². The Hall–Kier alpha value is -2.73. The largest absolute Gasteiger partial charge is 0.388 e. The zero-order valence-corrected chi connectivity index (χ0v) is 14.7. The third-order valence-electron chi connectivity index (χ3n) is 4.00. The van der Waals surface area contributed by atoms with Crippen molar-refractivity contribution in [3.8, 4) is 0 Å². The van der Waals surface area contributed by atoms with E-state index < -0.39 is 17.4 Å². The van der Waals surface area contributed by atoms with Gasteiger partial charge in [0, 0.05) is 13.1 Å². The van der Waals surface area contributed by atoms with Gasteiger partial charge >= 0.3 is 11.8 Å². The SMILES string of the molecule is CC(O)(CCc1ccccc1)CNC(=O)C(=O)NCc1ccc(F)cc1. The molecule has 0 heterocycles. The van der Waals surface area contributed by atoms with Crippen molar-refractivity contribution in [2.75, 3.05) is 6.54 Å². The van der Waals surface area contributed by atoms with Crippen LogP contribution in [0.25, 0.3) is 0 Å². The zero-order valence-electron chi connectivity index (χ0n) is 14.7. The number of aryl methyl sites for hydroxylation is 1. The summed E-state index contributed by atoms with van der Waals surface area (Å²) in [6.07, 6.45) is 1.12. The Morgan fingerprint density at radius 3 is 2.23 bits per heavy atom. The second kappa shape index (κ2) is 9.10. The normalized spacial score (nSPS) is 12.9. The van der Waals surface area contributed by atoms with Crippen LogP contribution >= 0.6 is 0 Å². The van der Waals surface area contributed by atoms with E-state index in [2.05, 4.69) is 10.6 Å². The Kier molecular flexibility index (Phi) is 6.86. The molecular weight excluding hydrogens is 335 g/mol. The summed E-state index contributed by atoms with van der Waals surface area (Å²) in [4.78, 5) is 23.6. The summed E-state index contributed by atoms with van der Waals surface area (Å²) in [6.45, 7) is 1.71. The van der Waals surface area contributed by atoms with Crippen molar-refractivity contribution < 1.29 is 19.1 Å². The topological polar surface area (TPSA) is 78.4 Å². The first kappa shape index (κ1) is 19.6. The number of rotatable bonds is 7. The highest BCUT2D eigenvalue weighted by molar-refractivity contribution is 6.35. The number of amides is 2. The van der Waals surface area contributed by atoms with Gasteiger partial charge in [-0.1, -0.05) is 42.5 Å². The Morgan fingerprint density at radius 1 is 0.962 bits per heavy atom. The molecule has 2 amide bonds. The molecule has 0 aliphatic heterocycles. The van der Waals surface area contributed by atoms with Gasteiger partial charge < -0.3 is 15.7 Å². The van der Waals surface area contributed by atoms with Gasteiger partial charge in [0.15, 0.2) is 0 Å². The van der Waals surface area contributed by atoms with E-state index >= 15 is 0 Å². The average molecular weight is 358 g/mol. The highest BCUT2D eigenvalue weighted by Crippen LogP contribution is 2.13. The predicted octanol–water partition coefficient (Wildman–Crippen LogP) is 1.94. The minimum atomic E-state index is -1.12. The molecule has 3 N–H and O–H groups in total. The zero-order chi connectivity index (χ0) is 19.0. The fourth-order valence-corrected chi connectivity index (χ4v) is 2.36. The fourth-order valence-electron chi connectivity index (χ4n) is 2.36. The van der Waals surface area contributed by atoms with Gasteiger partial charge in [0.25, 0.3) is 0 Å². The summed E-state index contributed by atoms with van der Waals surface area (Å²) in [5, 5.41) is 15.3. The van der Waals surface area contributed by atoms with Crippen LogP contribution in [0, 0.1) is 5.82 Å². The van der Waals surface area contributed by atoms with Crippen LogP contribution in [-0.2, 0) is 22.6 Å². The molecule has 0 saturated carbocycles. The highest BCUT2D eigenvalue weighted by Gasteiger charge is 2.23. The summed E-state index contributed by atoms with van der Waals surface area (Å²) >= 11 is 0. The maximum absolute atomic E-state index is 12.8. The molecule has 0 aliphatic rings. The minimum Gasteiger partial charge on any atom is -0.388 e. The third kappa shape index (κ3) is 6.64. The van der Waals surface area contributed by atoms with Crippen LogP contribution in [0.15, 0.2) is 54.6 Å². The molecule has 5 nitrogen and oxygen atoms in total. The molecule has 0 saturated heterocycles. The number of aliphatic hydroxyl groups is 1. The Balaban J connectivity index is 1.73. The lowest BCUT2D eigenvalue weighted by Crippen LogP contribution is -2.46. The van der Waals surface area contributed by atoms with Gasteiger partial charge in [-0.2, -0.15) is 0 Å². The summed E-state index contributed by atoms with van der Waals surface area (Å²) in [6, 6.07) is 15.3. The number of nitrogens with one attached hydrogen (secondary N) is 2. The van der Waals surface area contributed by atoms with E-state index in [0.29, 0.717) is 18.4 Å². The van der Waals surface area contributed by atoms with Crippen molar-refractivity contribution in [1.82, 2.24) is 10.6 Å². The van der Waals surface area contributed by atoms with Crippen LogP contribution in [0.4, 0.5) is 4.39 Å². The summed E-state index contributed by atoms with van der Waals surface area (Å²) < 4.78 is 12.8. The number of carbonyl (C=O) groups is 2. The van der Waals surface area contributed by atoms with Crippen LogP contribution in [0.1, 0.15) is 24.5 Å². The first-order chi connectivity index (χ1) is 12.4. The smallest absolute Gasteiger partial charge is 0.309 e. The highest BCUT2D eigenvalue weighted by atomic mass is 19.1. The first-order valence-electron chi connectivity index (χ1n) is 8.42. The molecule has 0 aromatic heterocycles. The molecule has 0 bridgehead atoms. The van der Waals surface area contributed by atoms with Crippen molar-refractivity contribution in [3.63, 3.8) is 0 Å². The lowest BCUT2D eigenvalue weighted by atomic mass is 9.97. The lowest BCUT2D eigenvalue weighted by Gasteiger charge is -2.23.